The Bertz CT molecular complexity index is 4350. The van der Waals surface area contributed by atoms with Crippen LogP contribution in [-0.2, 0) is 30.4 Å². The van der Waals surface area contributed by atoms with Gasteiger partial charge >= 0.3 is 24.8 Å². The maximum absolute atomic E-state index is 14.6. The molecule has 1 fully saturated rings. The minimum atomic E-state index is -1.41. The van der Waals surface area contributed by atoms with Gasteiger partial charge in [0, 0.05) is 109 Å². The van der Waals surface area contributed by atoms with Crippen molar-refractivity contribution < 1.29 is 23.9 Å². The van der Waals surface area contributed by atoms with Crippen molar-refractivity contribution in [1.29, 1.82) is 0 Å². The van der Waals surface area contributed by atoms with Crippen molar-refractivity contribution in [3.05, 3.63) is 108 Å². The summed E-state index contributed by atoms with van der Waals surface area (Å²) in [7, 11) is 1.51. The van der Waals surface area contributed by atoms with Crippen LogP contribution in [0.5, 0.6) is 0 Å². The summed E-state index contributed by atoms with van der Waals surface area (Å²) >= 11 is 19.6. The van der Waals surface area contributed by atoms with Crippen molar-refractivity contribution in [3.63, 3.8) is 0 Å². The van der Waals surface area contributed by atoms with Gasteiger partial charge in [0.1, 0.15) is 22.1 Å². The monoisotopic (exact) mass is 1600 g/mol. The Morgan fingerprint density at radius 1 is 0.480 bits per heavy atom. The summed E-state index contributed by atoms with van der Waals surface area (Å²) in [5, 5.41) is 3.13. The third kappa shape index (κ3) is 15.2. The number of aromatic nitrogens is 4. The summed E-state index contributed by atoms with van der Waals surface area (Å²) in [5.74, 6) is 1.51. The van der Waals surface area contributed by atoms with E-state index in [9.17, 15) is 19.2 Å². The second-order valence-electron chi connectivity index (χ2n) is 30.0. The number of carbonyl (C=O) groups is 4. The number of benzene rings is 2. The number of ether oxygens (including phenoxy) is 1. The molecule has 0 saturated carbocycles. The molecule has 0 spiro atoms. The molecule has 0 bridgehead atoms. The summed E-state index contributed by atoms with van der Waals surface area (Å²) in [6.45, 7) is 30.8. The number of fused-ring (bicyclic) bond motifs is 8. The van der Waals surface area contributed by atoms with E-state index in [0.717, 1.165) is 138 Å². The second-order valence-corrected chi connectivity index (χ2v) is 48.0. The zero-order chi connectivity index (χ0) is 69.8. The van der Waals surface area contributed by atoms with E-state index < -0.39 is 16.1 Å². The molecule has 12 nitrogen and oxygen atoms in total. The molecule has 0 N–H and O–H groups in total. The second kappa shape index (κ2) is 30.6. The van der Waals surface area contributed by atoms with E-state index in [4.69, 9.17) is 22.2 Å². The van der Waals surface area contributed by atoms with Gasteiger partial charge in [-0.25, -0.2) is 0 Å². The van der Waals surface area contributed by atoms with Crippen molar-refractivity contribution in [2.24, 2.45) is 28.0 Å². The fourth-order valence-corrected chi connectivity index (χ4v) is 24.1. The van der Waals surface area contributed by atoms with Gasteiger partial charge in [0.05, 0.1) is 61.9 Å². The number of thiophene rings is 4. The number of rotatable bonds is 20. The van der Waals surface area contributed by atoms with Gasteiger partial charge in [-0.15, -0.1) is 45.3 Å². The quantitative estimate of drug-likeness (QED) is 0.0447. The number of hydrogen-bond donors (Lipinski definition) is 1. The molecule has 8 aromatic rings. The van der Waals surface area contributed by atoms with Gasteiger partial charge in [-0.1, -0.05) is 162 Å². The van der Waals surface area contributed by atoms with E-state index >= 15 is 0 Å². The topological polar surface area (TPSA) is 148 Å². The van der Waals surface area contributed by atoms with E-state index in [1.165, 1.54) is 102 Å². The first-order valence-corrected chi connectivity index (χ1v) is 48.1. The Morgan fingerprint density at radius 2 is 0.776 bits per heavy atom. The van der Waals surface area contributed by atoms with E-state index in [-0.39, 0.29) is 23.6 Å². The predicted octanol–water partition coefficient (Wildman–Crippen LogP) is 22.4. The fraction of sp³-hybridized carbons (Fsp3) is 0.459. The third-order valence-electron chi connectivity index (χ3n) is 19.7. The Hall–Kier alpha value is -4.31. The summed E-state index contributed by atoms with van der Waals surface area (Å²) in [6.07, 6.45) is 23.8. The fourth-order valence-electron chi connectivity index (χ4n) is 14.0. The van der Waals surface area contributed by atoms with E-state index in [1.807, 2.05) is 0 Å². The van der Waals surface area contributed by atoms with Gasteiger partial charge in [-0.2, -0.15) is 17.5 Å². The van der Waals surface area contributed by atoms with Crippen LogP contribution in [0.15, 0.2) is 47.9 Å². The molecule has 1 saturated heterocycles. The molecule has 7 aliphatic rings. The van der Waals surface area contributed by atoms with E-state index in [2.05, 4.69) is 186 Å². The summed E-state index contributed by atoms with van der Waals surface area (Å²) in [6, 6.07) is 8.85. The standard InChI is InChI=1S/C38H47N3O2S3Si2.C32H29Br2N3O2S3.C4H8O.BHNS/c1-21(2)11-10-12-22(3)13-14-41-37(42)33-31(29-17-23-15-25(47(4,5)6)19-27(23)44-29)35-36(40-46-39-35)32(34(33)38(41)43)30-18-24-16-26(48(7,8)9)20-28(24)45-30;1-15(2)5-4-6-16(3)7-8-37-31(38)27-25(23-11-17-9-19(33)13-21(17)40-23)29-30(36-42-35-29)26(28(27)32(37)39)24-12-18-10-20(34)14-22(18)41-24;1-2-4-5-3-1;1-2-3/h17-22H,10-16H2,1-9H3;11-16H,4-10H2,1-3H3;1-4H2;3H. The molecule has 24 heteroatoms. The van der Waals surface area contributed by atoms with Crippen LogP contribution in [0, 0.1) is 23.7 Å². The molecule has 3 aliphatic heterocycles. The normalized spacial score (nSPS) is 16.6. The number of hydrogen-bond acceptors (Lipinski definition) is 17. The summed E-state index contributed by atoms with van der Waals surface area (Å²) in [4.78, 5) is 69.7. The van der Waals surface area contributed by atoms with Crippen LogP contribution >= 0.6 is 113 Å². The van der Waals surface area contributed by atoms with Gasteiger partial charge < -0.3 is 4.74 Å². The first-order chi connectivity index (χ1) is 46.7. The van der Waals surface area contributed by atoms with Crippen LogP contribution in [0.4, 0.5) is 0 Å². The SMILES string of the molecule is C1CCOC1.CC(C)CCCC(C)CCN1C(=O)c2c(c(-c3cc4c(s3)C=C(Br)C4)c3nsnc3c2-c2cc3c(s2)C=C(Br)C3)C1=O.CC(C)CCCC(C)CCN1C(=O)c2c(c(-c3cc4c(s3)C=C([Si](C)(C)C)C4)c3nsnc3c2-c2cc3c(s2)C=C([Si](C)(C)C)C3)C1=O.[B]=NS. The Morgan fingerprint density at radius 3 is 1.03 bits per heavy atom. The molecular formula is C74H85BBr2N7O5S7Si2. The maximum atomic E-state index is 14.6. The first-order valence-electron chi connectivity index (χ1n) is 34.4. The molecule has 98 heavy (non-hydrogen) atoms. The minimum absolute atomic E-state index is 0.174. The molecular weight excluding hydrogens is 1520 g/mol. The first kappa shape index (κ1) is 73.4. The van der Waals surface area contributed by atoms with Crippen LogP contribution in [-0.4, -0.2) is 101 Å². The third-order valence-corrected chi connectivity index (χ3v) is 30.8. The number of allylic oxidation sites excluding steroid dienone is 4. The van der Waals surface area contributed by atoms with Crippen molar-refractivity contribution in [3.8, 4) is 41.8 Å². The van der Waals surface area contributed by atoms with Crippen molar-refractivity contribution in [2.75, 3.05) is 26.3 Å². The average Bonchev–Trinajstić information content (AvgIpc) is 1.54. The molecule has 2 atom stereocenters. The number of nitrogens with zero attached hydrogens (tertiary/aromatic N) is 7. The molecule has 6 aromatic heterocycles. The van der Waals surface area contributed by atoms with Crippen LogP contribution in [0.1, 0.15) is 189 Å². The molecule has 15 rings (SSSR count). The van der Waals surface area contributed by atoms with Crippen LogP contribution in [0.25, 0.3) is 88.1 Å². The molecule has 4 amide bonds. The average molecular weight is 1600 g/mol. The van der Waals surface area contributed by atoms with Gasteiger partial charge in [-0.05, 0) is 133 Å². The molecule has 4 aliphatic carbocycles. The van der Waals surface area contributed by atoms with Crippen LogP contribution in [0.3, 0.4) is 0 Å². The van der Waals surface area contributed by atoms with Crippen LogP contribution < -0.4 is 0 Å². The Kier molecular flexibility index (Phi) is 22.9. The zero-order valence-electron chi connectivity index (χ0n) is 58.1. The number of amides is 4. The van der Waals surface area contributed by atoms with E-state index in [1.54, 1.807) is 55.7 Å². The number of halogens is 2. The number of carbonyl (C=O) groups excluding carboxylic acids is 4. The van der Waals surface area contributed by atoms with Gasteiger partial charge in [0.15, 0.2) is 0 Å². The van der Waals surface area contributed by atoms with Gasteiger partial charge in [0.2, 0.25) is 0 Å². The van der Waals surface area contributed by atoms with Crippen molar-refractivity contribution in [1.82, 2.24) is 27.3 Å². The molecule has 2 aromatic carbocycles. The summed E-state index contributed by atoms with van der Waals surface area (Å²) < 4.78 is 29.2. The van der Waals surface area contributed by atoms with Gasteiger partial charge in [0.25, 0.3) is 23.6 Å². The number of thiol groups is 1. The van der Waals surface area contributed by atoms with Crippen molar-refractivity contribution in [2.45, 2.75) is 171 Å². The zero-order valence-corrected chi connectivity index (χ0v) is 69.0. The number of imide groups is 2. The Balaban J connectivity index is 0.000000169. The molecule has 513 valence electrons. The molecule has 1 radical (unpaired) electrons. The van der Waals surface area contributed by atoms with Crippen LogP contribution in [0.2, 0.25) is 39.3 Å². The summed E-state index contributed by atoms with van der Waals surface area (Å²) in [5.41, 5.74) is 13.2. The van der Waals surface area contributed by atoms with Gasteiger partial charge in [-0.3, -0.25) is 29.0 Å². The molecule has 9 heterocycles. The van der Waals surface area contributed by atoms with E-state index in [0.29, 0.717) is 70.0 Å². The predicted molar refractivity (Wildman–Crippen MR) is 432 cm³/mol. The molecule has 2 unspecified atom stereocenters. The Labute approximate surface area is 626 Å². The van der Waals surface area contributed by atoms with Crippen molar-refractivity contribution >= 4 is 207 Å².